The van der Waals surface area contributed by atoms with Gasteiger partial charge >= 0.3 is 0 Å². The van der Waals surface area contributed by atoms with Crippen molar-refractivity contribution in [1.29, 1.82) is 0 Å². The second kappa shape index (κ2) is 5.89. The van der Waals surface area contributed by atoms with Gasteiger partial charge < -0.3 is 10.4 Å². The number of rotatable bonds is 5. The van der Waals surface area contributed by atoms with Crippen molar-refractivity contribution < 1.29 is 5.11 Å². The van der Waals surface area contributed by atoms with Crippen LogP contribution >= 0.6 is 11.6 Å². The van der Waals surface area contributed by atoms with E-state index in [4.69, 9.17) is 11.6 Å². The fraction of sp³-hybridized carbons (Fsp3) is 0.308. The highest BCUT2D eigenvalue weighted by molar-refractivity contribution is 6.18. The Bertz CT molecular complexity index is 512. The molecule has 1 atom stereocenters. The molecule has 0 saturated heterocycles. The predicted octanol–water partition coefficient (Wildman–Crippen LogP) is 2.10. The maximum Gasteiger partial charge on any atom is 0.0847 e. The molecule has 1 aromatic carbocycles. The monoisotopic (exact) mass is 265 g/mol. The minimum absolute atomic E-state index is 0.231. The summed E-state index contributed by atoms with van der Waals surface area (Å²) < 4.78 is 1.77. The molecule has 2 aromatic rings. The summed E-state index contributed by atoms with van der Waals surface area (Å²) in [5.74, 6) is 0.231. The van der Waals surface area contributed by atoms with Gasteiger partial charge in [-0.1, -0.05) is 12.1 Å². The first-order valence-corrected chi connectivity index (χ1v) is 6.29. The first kappa shape index (κ1) is 12.9. The highest BCUT2D eigenvalue weighted by Gasteiger charge is 2.04. The summed E-state index contributed by atoms with van der Waals surface area (Å²) in [6, 6.07) is 7.98. The number of nitrogens with zero attached hydrogens (tertiary/aromatic N) is 2. The van der Waals surface area contributed by atoms with Crippen molar-refractivity contribution in [2.24, 2.45) is 7.05 Å². The summed E-state index contributed by atoms with van der Waals surface area (Å²) >= 11 is 5.55. The molecule has 0 bridgehead atoms. The summed E-state index contributed by atoms with van der Waals surface area (Å²) in [5.41, 5.74) is 3.12. The van der Waals surface area contributed by atoms with Gasteiger partial charge in [0.2, 0.25) is 0 Å². The molecule has 0 radical (unpaired) electrons. The van der Waals surface area contributed by atoms with Crippen LogP contribution in [-0.2, 0) is 7.05 Å². The van der Waals surface area contributed by atoms with Gasteiger partial charge in [0, 0.05) is 31.0 Å². The number of alkyl halides is 1. The number of aryl methyl sites for hydroxylation is 1. The van der Waals surface area contributed by atoms with Crippen LogP contribution in [0.15, 0.2) is 36.7 Å². The molecule has 0 aliphatic heterocycles. The number of aromatic nitrogens is 2. The van der Waals surface area contributed by atoms with Crippen LogP contribution in [0.4, 0.5) is 5.69 Å². The highest BCUT2D eigenvalue weighted by Crippen LogP contribution is 2.21. The second-order valence-corrected chi connectivity index (χ2v) is 4.48. The molecule has 1 unspecified atom stereocenters. The Hall–Kier alpha value is -1.52. The molecule has 4 nitrogen and oxygen atoms in total. The van der Waals surface area contributed by atoms with E-state index in [2.05, 4.69) is 10.4 Å². The van der Waals surface area contributed by atoms with E-state index in [1.807, 2.05) is 43.7 Å². The molecule has 0 amide bonds. The molecule has 2 N–H and O–H groups in total. The van der Waals surface area contributed by atoms with Gasteiger partial charge in [-0.05, 0) is 17.7 Å². The number of aliphatic hydroxyl groups excluding tert-OH is 1. The van der Waals surface area contributed by atoms with Crippen molar-refractivity contribution in [2.45, 2.75) is 6.10 Å². The van der Waals surface area contributed by atoms with Crippen LogP contribution in [0.5, 0.6) is 0 Å². The van der Waals surface area contributed by atoms with Crippen molar-refractivity contribution in [3.05, 3.63) is 36.7 Å². The minimum atomic E-state index is -0.534. The number of benzene rings is 1. The van der Waals surface area contributed by atoms with Crippen molar-refractivity contribution >= 4 is 17.3 Å². The normalized spacial score (nSPS) is 12.4. The van der Waals surface area contributed by atoms with Crippen LogP contribution in [0.1, 0.15) is 0 Å². The Morgan fingerprint density at radius 3 is 2.94 bits per heavy atom. The van der Waals surface area contributed by atoms with E-state index in [0.29, 0.717) is 6.54 Å². The number of aliphatic hydroxyl groups is 1. The fourth-order valence-corrected chi connectivity index (χ4v) is 1.78. The number of hydrogen-bond acceptors (Lipinski definition) is 3. The second-order valence-electron chi connectivity index (χ2n) is 4.17. The van der Waals surface area contributed by atoms with Gasteiger partial charge in [0.05, 0.1) is 18.2 Å². The van der Waals surface area contributed by atoms with E-state index in [9.17, 15) is 5.11 Å². The molecular weight excluding hydrogens is 250 g/mol. The third kappa shape index (κ3) is 3.24. The Kier molecular flexibility index (Phi) is 4.23. The van der Waals surface area contributed by atoms with E-state index < -0.39 is 6.10 Å². The molecule has 5 heteroatoms. The summed E-state index contributed by atoms with van der Waals surface area (Å²) in [4.78, 5) is 0. The summed E-state index contributed by atoms with van der Waals surface area (Å²) in [5, 5.41) is 16.7. The Balaban J connectivity index is 2.10. The van der Waals surface area contributed by atoms with Gasteiger partial charge in [-0.25, -0.2) is 0 Å². The number of hydrogen-bond donors (Lipinski definition) is 2. The third-order valence-electron chi connectivity index (χ3n) is 2.62. The minimum Gasteiger partial charge on any atom is -0.390 e. The maximum atomic E-state index is 9.40. The number of halogens is 1. The molecular formula is C13H16ClN3O. The SMILES string of the molecule is Cn1cc(-c2cccc(NCC(O)CCl)c2)cn1. The van der Waals surface area contributed by atoms with Crippen LogP contribution < -0.4 is 5.32 Å². The first-order valence-electron chi connectivity index (χ1n) is 5.76. The van der Waals surface area contributed by atoms with Crippen LogP contribution in [0.2, 0.25) is 0 Å². The van der Waals surface area contributed by atoms with Crippen LogP contribution in [-0.4, -0.2) is 33.4 Å². The third-order valence-corrected chi connectivity index (χ3v) is 2.98. The van der Waals surface area contributed by atoms with Gasteiger partial charge in [0.1, 0.15) is 0 Å². The van der Waals surface area contributed by atoms with Crippen LogP contribution in [0, 0.1) is 0 Å². The molecule has 0 spiro atoms. The van der Waals surface area contributed by atoms with Crippen molar-refractivity contribution in [3.63, 3.8) is 0 Å². The summed E-state index contributed by atoms with van der Waals surface area (Å²) in [6.07, 6.45) is 3.26. The van der Waals surface area contributed by atoms with E-state index in [-0.39, 0.29) is 5.88 Å². The van der Waals surface area contributed by atoms with Crippen molar-refractivity contribution in [3.8, 4) is 11.1 Å². The van der Waals surface area contributed by atoms with E-state index in [1.165, 1.54) is 0 Å². The van der Waals surface area contributed by atoms with Crippen molar-refractivity contribution in [1.82, 2.24) is 9.78 Å². The summed E-state index contributed by atoms with van der Waals surface area (Å²) in [7, 11) is 1.89. The lowest BCUT2D eigenvalue weighted by Crippen LogP contribution is -2.20. The van der Waals surface area contributed by atoms with Gasteiger partial charge in [0.25, 0.3) is 0 Å². The molecule has 0 aliphatic carbocycles. The largest absolute Gasteiger partial charge is 0.390 e. The zero-order valence-electron chi connectivity index (χ0n) is 10.2. The molecule has 96 valence electrons. The fourth-order valence-electron chi connectivity index (χ4n) is 1.67. The quantitative estimate of drug-likeness (QED) is 0.814. The van der Waals surface area contributed by atoms with E-state index in [0.717, 1.165) is 16.8 Å². The number of anilines is 1. The molecule has 0 aliphatic rings. The van der Waals surface area contributed by atoms with E-state index in [1.54, 1.807) is 4.68 Å². The standard InChI is InChI=1S/C13H16ClN3O/c1-17-9-11(7-16-17)10-3-2-4-12(5-10)15-8-13(18)6-14/h2-5,7,9,13,15,18H,6,8H2,1H3. The van der Waals surface area contributed by atoms with Crippen LogP contribution in [0.25, 0.3) is 11.1 Å². The molecule has 0 saturated carbocycles. The zero-order valence-corrected chi connectivity index (χ0v) is 10.9. The number of nitrogens with one attached hydrogen (secondary N) is 1. The predicted molar refractivity (Wildman–Crippen MR) is 73.9 cm³/mol. The van der Waals surface area contributed by atoms with Gasteiger partial charge in [-0.15, -0.1) is 11.6 Å². The molecule has 2 rings (SSSR count). The lowest BCUT2D eigenvalue weighted by molar-refractivity contribution is 0.211. The maximum absolute atomic E-state index is 9.40. The topological polar surface area (TPSA) is 50.1 Å². The highest BCUT2D eigenvalue weighted by atomic mass is 35.5. The average Bonchev–Trinajstić information content (AvgIpc) is 2.83. The Labute approximate surface area is 111 Å². The van der Waals surface area contributed by atoms with Gasteiger partial charge in [-0.2, -0.15) is 5.10 Å². The van der Waals surface area contributed by atoms with E-state index >= 15 is 0 Å². The van der Waals surface area contributed by atoms with Gasteiger partial charge in [0.15, 0.2) is 0 Å². The molecule has 18 heavy (non-hydrogen) atoms. The Morgan fingerprint density at radius 1 is 1.44 bits per heavy atom. The molecule has 1 heterocycles. The lowest BCUT2D eigenvalue weighted by Gasteiger charge is -2.10. The Morgan fingerprint density at radius 2 is 2.28 bits per heavy atom. The lowest BCUT2D eigenvalue weighted by atomic mass is 10.1. The average molecular weight is 266 g/mol. The smallest absolute Gasteiger partial charge is 0.0847 e. The first-order chi connectivity index (χ1) is 8.69. The zero-order chi connectivity index (χ0) is 13.0. The van der Waals surface area contributed by atoms with Gasteiger partial charge in [-0.3, -0.25) is 4.68 Å². The van der Waals surface area contributed by atoms with Crippen LogP contribution in [0.3, 0.4) is 0 Å². The summed E-state index contributed by atoms with van der Waals surface area (Å²) in [6.45, 7) is 0.444. The van der Waals surface area contributed by atoms with Crippen molar-refractivity contribution in [2.75, 3.05) is 17.7 Å². The molecule has 1 aromatic heterocycles. The molecule has 0 fully saturated rings.